The van der Waals surface area contributed by atoms with E-state index in [1.807, 2.05) is 6.08 Å². The van der Waals surface area contributed by atoms with Crippen LogP contribution in [0.2, 0.25) is 0 Å². The molecule has 2 aliphatic rings. The fourth-order valence-electron chi connectivity index (χ4n) is 5.55. The number of carbonyl (C=O) groups is 1. The lowest BCUT2D eigenvalue weighted by atomic mass is 9.65. The number of hydrogen-bond acceptors (Lipinski definition) is 5. The van der Waals surface area contributed by atoms with Gasteiger partial charge in [-0.2, -0.15) is 22.6 Å². The van der Waals surface area contributed by atoms with Crippen molar-refractivity contribution in [3.63, 3.8) is 0 Å². The molecule has 0 N–H and O–H groups in total. The summed E-state index contributed by atoms with van der Waals surface area (Å²) in [7, 11) is -4.23. The van der Waals surface area contributed by atoms with E-state index in [0.29, 0.717) is 28.1 Å². The maximum absolute atomic E-state index is 14.1. The summed E-state index contributed by atoms with van der Waals surface area (Å²) < 4.78 is 82.8. The molecule has 12 heteroatoms. The van der Waals surface area contributed by atoms with Crippen molar-refractivity contribution >= 4 is 21.9 Å². The summed E-state index contributed by atoms with van der Waals surface area (Å²) in [6.45, 7) is -0.186. The van der Waals surface area contributed by atoms with Crippen molar-refractivity contribution in [1.82, 2.24) is 19.1 Å². The summed E-state index contributed by atoms with van der Waals surface area (Å²) in [6, 6.07) is 12.4. The maximum Gasteiger partial charge on any atom is 0.416 e. The molecule has 0 saturated carbocycles. The highest BCUT2D eigenvalue weighted by Crippen LogP contribution is 2.47. The van der Waals surface area contributed by atoms with Crippen LogP contribution in [0.1, 0.15) is 33.6 Å². The van der Waals surface area contributed by atoms with E-state index in [9.17, 15) is 30.8 Å². The number of benzene rings is 2. The Labute approximate surface area is 232 Å². The van der Waals surface area contributed by atoms with Gasteiger partial charge in [0.1, 0.15) is 5.82 Å². The van der Waals surface area contributed by atoms with Gasteiger partial charge in [0.25, 0.3) is 0 Å². The number of carbonyl (C=O) groups excluding carboxylic acids is 1. The number of nitrogens with zero attached hydrogens (tertiary/aromatic N) is 4. The number of ketones is 1. The van der Waals surface area contributed by atoms with Crippen LogP contribution in [0.15, 0.2) is 89.7 Å². The molecule has 1 saturated heterocycles. The number of piperidine rings is 1. The molecule has 1 atom stereocenters. The lowest BCUT2D eigenvalue weighted by Gasteiger charge is -2.45. The van der Waals surface area contributed by atoms with Crippen LogP contribution in [0.5, 0.6) is 0 Å². The Kier molecular flexibility index (Phi) is 6.42. The Balaban J connectivity index is 1.41. The van der Waals surface area contributed by atoms with Crippen molar-refractivity contribution in [3.8, 4) is 5.69 Å². The number of rotatable bonds is 5. The first-order valence-electron chi connectivity index (χ1n) is 12.7. The third kappa shape index (κ3) is 4.66. The normalized spacial score (nSPS) is 19.3. The summed E-state index contributed by atoms with van der Waals surface area (Å²) in [6.07, 6.45) is 2.14. The number of aromatic nitrogens is 3. The topological polar surface area (TPSA) is 85.2 Å². The highest BCUT2D eigenvalue weighted by Gasteiger charge is 2.51. The van der Waals surface area contributed by atoms with Crippen LogP contribution < -0.4 is 0 Å². The van der Waals surface area contributed by atoms with Crippen LogP contribution in [0.4, 0.5) is 17.6 Å². The highest BCUT2D eigenvalue weighted by molar-refractivity contribution is 7.89. The molecule has 2 aromatic heterocycles. The van der Waals surface area contributed by atoms with Crippen molar-refractivity contribution in [2.45, 2.75) is 23.9 Å². The van der Waals surface area contributed by atoms with E-state index in [2.05, 4.69) is 10.1 Å². The first-order valence-corrected chi connectivity index (χ1v) is 14.1. The third-order valence-electron chi connectivity index (χ3n) is 7.63. The van der Waals surface area contributed by atoms with Gasteiger partial charge in [-0.15, -0.1) is 0 Å². The second-order valence-electron chi connectivity index (χ2n) is 10.1. The zero-order chi connectivity index (χ0) is 29.0. The first-order chi connectivity index (χ1) is 19.5. The molecule has 6 rings (SSSR count). The standard InChI is InChI=1S/C29H22F4N4O3S/c30-23-5-7-24(8-6-23)37-26-14-22-11-13-36(41(39,40)25-9-3-21(4-10-25)29(31,32)33)18-28(22,15-20(26)17-35-37)27(38)19-2-1-12-34-16-19/h1-10,12,14,16-17H,11,13,15,18H2/t28-/m1/s1. The Morgan fingerprint density at radius 1 is 0.976 bits per heavy atom. The van der Waals surface area contributed by atoms with Gasteiger partial charge in [-0.1, -0.05) is 5.57 Å². The molecular weight excluding hydrogens is 560 g/mol. The number of fused-ring (bicyclic) bond motifs is 2. The second kappa shape index (κ2) is 9.74. The van der Waals surface area contributed by atoms with E-state index in [4.69, 9.17) is 0 Å². The molecule has 210 valence electrons. The van der Waals surface area contributed by atoms with E-state index >= 15 is 0 Å². The van der Waals surface area contributed by atoms with Gasteiger partial charge >= 0.3 is 6.18 Å². The fraction of sp³-hybridized carbons (Fsp3) is 0.207. The molecular formula is C29H22F4N4O3S. The van der Waals surface area contributed by atoms with Gasteiger partial charge in [0.15, 0.2) is 5.78 Å². The van der Waals surface area contributed by atoms with Gasteiger partial charge in [-0.25, -0.2) is 17.5 Å². The van der Waals surface area contributed by atoms with Crippen LogP contribution in [-0.4, -0.2) is 46.4 Å². The minimum Gasteiger partial charge on any atom is -0.293 e. The van der Waals surface area contributed by atoms with Crippen LogP contribution in [-0.2, 0) is 22.6 Å². The van der Waals surface area contributed by atoms with Gasteiger partial charge < -0.3 is 0 Å². The second-order valence-corrected chi connectivity index (χ2v) is 12.0. The van der Waals surface area contributed by atoms with Crippen LogP contribution >= 0.6 is 0 Å². The highest BCUT2D eigenvalue weighted by atomic mass is 32.2. The summed E-state index contributed by atoms with van der Waals surface area (Å²) in [4.78, 5) is 17.9. The van der Waals surface area contributed by atoms with Crippen molar-refractivity contribution in [2.75, 3.05) is 13.1 Å². The predicted molar refractivity (Wildman–Crippen MR) is 141 cm³/mol. The van der Waals surface area contributed by atoms with Crippen molar-refractivity contribution in [3.05, 3.63) is 113 Å². The zero-order valence-electron chi connectivity index (χ0n) is 21.3. The van der Waals surface area contributed by atoms with Crippen LogP contribution in [0, 0.1) is 11.2 Å². The fourth-order valence-corrected chi connectivity index (χ4v) is 7.05. The van der Waals surface area contributed by atoms with E-state index < -0.39 is 33.0 Å². The number of sulfonamides is 1. The monoisotopic (exact) mass is 582 g/mol. The number of hydrogen-bond donors (Lipinski definition) is 0. The molecule has 0 spiro atoms. The molecule has 4 aromatic rings. The number of pyridine rings is 1. The Hall–Kier alpha value is -4.16. The molecule has 0 bridgehead atoms. The Morgan fingerprint density at radius 2 is 1.71 bits per heavy atom. The minimum absolute atomic E-state index is 0.0251. The SMILES string of the molecule is O=C(c1cccnc1)[C@@]12Cc3cnn(-c4ccc(F)cc4)c3C=C1CCN(S(=O)(=O)c1ccc(C(F)(F)F)cc1)C2. The Bertz CT molecular complexity index is 1770. The quantitative estimate of drug-likeness (QED) is 0.235. The number of halogens is 4. The van der Waals surface area contributed by atoms with Crippen molar-refractivity contribution in [1.29, 1.82) is 0 Å². The van der Waals surface area contributed by atoms with Crippen LogP contribution in [0.25, 0.3) is 11.8 Å². The molecule has 0 unspecified atom stereocenters. The zero-order valence-corrected chi connectivity index (χ0v) is 22.2. The largest absolute Gasteiger partial charge is 0.416 e. The van der Waals surface area contributed by atoms with E-state index in [0.717, 1.165) is 28.6 Å². The maximum atomic E-state index is 14.1. The summed E-state index contributed by atoms with van der Waals surface area (Å²) in [5.41, 5.74) is 0.802. The van der Waals surface area contributed by atoms with Gasteiger partial charge in [-0.3, -0.25) is 9.78 Å². The molecule has 1 aliphatic carbocycles. The molecule has 1 fully saturated rings. The third-order valence-corrected chi connectivity index (χ3v) is 9.49. The smallest absolute Gasteiger partial charge is 0.293 e. The first kappa shape index (κ1) is 27.0. The number of Topliss-reactive ketones (excluding diaryl/α,β-unsaturated/α-hetero) is 1. The summed E-state index contributed by atoms with van der Waals surface area (Å²) in [5.74, 6) is -0.708. The van der Waals surface area contributed by atoms with Gasteiger partial charge in [0, 0.05) is 31.0 Å². The Morgan fingerprint density at radius 3 is 2.37 bits per heavy atom. The predicted octanol–water partition coefficient (Wildman–Crippen LogP) is 5.33. The van der Waals surface area contributed by atoms with Gasteiger partial charge in [0.05, 0.1) is 33.5 Å². The molecule has 3 heterocycles. The summed E-state index contributed by atoms with van der Waals surface area (Å²) >= 11 is 0. The van der Waals surface area contributed by atoms with Gasteiger partial charge in [-0.05, 0) is 85.1 Å². The average molecular weight is 583 g/mol. The van der Waals surface area contributed by atoms with Crippen molar-refractivity contribution < 1.29 is 30.8 Å². The van der Waals surface area contributed by atoms with Gasteiger partial charge in [0.2, 0.25) is 10.0 Å². The molecule has 7 nitrogen and oxygen atoms in total. The lowest BCUT2D eigenvalue weighted by molar-refractivity contribution is -0.137. The van der Waals surface area contributed by atoms with E-state index in [1.165, 1.54) is 24.5 Å². The number of alkyl halides is 3. The van der Waals surface area contributed by atoms with Crippen molar-refractivity contribution in [2.24, 2.45) is 5.41 Å². The molecule has 41 heavy (non-hydrogen) atoms. The average Bonchev–Trinajstić information content (AvgIpc) is 3.37. The lowest BCUT2D eigenvalue weighted by Crippen LogP contribution is -2.53. The molecule has 1 aliphatic heterocycles. The van der Waals surface area contributed by atoms with Crippen LogP contribution in [0.3, 0.4) is 0 Å². The molecule has 0 radical (unpaired) electrons. The molecule has 0 amide bonds. The summed E-state index contributed by atoms with van der Waals surface area (Å²) in [5, 5.41) is 4.46. The minimum atomic E-state index is -4.61. The molecule has 2 aromatic carbocycles. The van der Waals surface area contributed by atoms with E-state index in [1.54, 1.807) is 35.1 Å². The van der Waals surface area contributed by atoms with E-state index in [-0.39, 0.29) is 36.6 Å².